The molecule has 1 fully saturated rings. The lowest BCUT2D eigenvalue weighted by Gasteiger charge is -2.32. The molecule has 0 bridgehead atoms. The van der Waals surface area contributed by atoms with E-state index < -0.39 is 17.5 Å². The highest BCUT2D eigenvalue weighted by molar-refractivity contribution is 6.00. The SMILES string of the molecule is Cc1ccc(CN2CCC(CNC(=O)CNC(=O)c3cc(F)c(F)cc3N)CC2)cc1N. The molecular weight excluding hydrogens is 416 g/mol. The van der Waals surface area contributed by atoms with Gasteiger partial charge in [0.15, 0.2) is 11.6 Å². The normalized spacial score (nSPS) is 14.8. The molecule has 1 saturated heterocycles. The number of likely N-dealkylation sites (tertiary alicyclic amines) is 1. The first-order valence-corrected chi connectivity index (χ1v) is 10.6. The minimum Gasteiger partial charge on any atom is -0.399 e. The number of rotatable bonds is 7. The Morgan fingerprint density at radius 2 is 1.72 bits per heavy atom. The molecule has 0 atom stereocenters. The summed E-state index contributed by atoms with van der Waals surface area (Å²) in [4.78, 5) is 26.5. The fraction of sp³-hybridized carbons (Fsp3) is 0.391. The van der Waals surface area contributed by atoms with E-state index in [0.717, 1.165) is 55.9 Å². The summed E-state index contributed by atoms with van der Waals surface area (Å²) in [5.41, 5.74) is 14.2. The summed E-state index contributed by atoms with van der Waals surface area (Å²) in [7, 11) is 0. The molecule has 1 aliphatic rings. The molecule has 1 aliphatic heterocycles. The lowest BCUT2D eigenvalue weighted by atomic mass is 9.96. The standard InChI is InChI=1S/C23H29F2N5O2/c1-14-2-3-16(8-20(14)26)13-30-6-4-15(5-7-30)11-28-22(31)12-29-23(32)17-9-18(24)19(25)10-21(17)27/h2-3,8-10,15H,4-7,11-13,26-27H2,1H3,(H,28,31)(H,29,32). The van der Waals surface area contributed by atoms with Crippen LogP contribution >= 0.6 is 0 Å². The molecular formula is C23H29F2N5O2. The lowest BCUT2D eigenvalue weighted by molar-refractivity contribution is -0.120. The van der Waals surface area contributed by atoms with Crippen LogP contribution in [0.2, 0.25) is 0 Å². The van der Waals surface area contributed by atoms with Crippen LogP contribution in [0.25, 0.3) is 0 Å². The summed E-state index contributed by atoms with van der Waals surface area (Å²) in [6.07, 6.45) is 1.92. The van der Waals surface area contributed by atoms with Gasteiger partial charge in [-0.3, -0.25) is 14.5 Å². The van der Waals surface area contributed by atoms with Crippen molar-refractivity contribution in [3.63, 3.8) is 0 Å². The summed E-state index contributed by atoms with van der Waals surface area (Å²) < 4.78 is 26.4. The minimum absolute atomic E-state index is 0.193. The summed E-state index contributed by atoms with van der Waals surface area (Å²) in [5.74, 6) is -3.04. The smallest absolute Gasteiger partial charge is 0.253 e. The Morgan fingerprint density at radius 3 is 2.41 bits per heavy atom. The Labute approximate surface area is 186 Å². The molecule has 1 heterocycles. The summed E-state index contributed by atoms with van der Waals surface area (Å²) in [6, 6.07) is 7.61. The quantitative estimate of drug-likeness (QED) is 0.488. The van der Waals surface area contributed by atoms with E-state index in [4.69, 9.17) is 11.5 Å². The number of anilines is 2. The molecule has 0 saturated carbocycles. The molecule has 6 N–H and O–H groups in total. The molecule has 2 aromatic rings. The van der Waals surface area contributed by atoms with E-state index in [-0.39, 0.29) is 23.7 Å². The Bertz CT molecular complexity index is 991. The van der Waals surface area contributed by atoms with Crippen LogP contribution in [0.15, 0.2) is 30.3 Å². The maximum Gasteiger partial charge on any atom is 0.253 e. The number of nitrogen functional groups attached to an aromatic ring is 2. The number of nitrogens with zero attached hydrogens (tertiary/aromatic N) is 1. The van der Waals surface area contributed by atoms with Crippen LogP contribution in [0.5, 0.6) is 0 Å². The van der Waals surface area contributed by atoms with Crippen molar-refractivity contribution in [1.29, 1.82) is 0 Å². The Balaban J connectivity index is 1.37. The molecule has 172 valence electrons. The summed E-state index contributed by atoms with van der Waals surface area (Å²) in [5, 5.41) is 5.20. The van der Waals surface area contributed by atoms with Gasteiger partial charge in [-0.05, 0) is 62.0 Å². The maximum absolute atomic E-state index is 13.3. The number of hydrogen-bond donors (Lipinski definition) is 4. The number of hydrogen-bond acceptors (Lipinski definition) is 5. The van der Waals surface area contributed by atoms with E-state index in [0.29, 0.717) is 12.5 Å². The van der Waals surface area contributed by atoms with E-state index in [9.17, 15) is 18.4 Å². The van der Waals surface area contributed by atoms with Crippen LogP contribution in [-0.2, 0) is 11.3 Å². The zero-order valence-electron chi connectivity index (χ0n) is 18.1. The van der Waals surface area contributed by atoms with E-state index in [2.05, 4.69) is 21.6 Å². The van der Waals surface area contributed by atoms with E-state index in [1.165, 1.54) is 5.56 Å². The van der Waals surface area contributed by atoms with Gasteiger partial charge in [0, 0.05) is 30.5 Å². The van der Waals surface area contributed by atoms with Gasteiger partial charge in [0.2, 0.25) is 5.91 Å². The second-order valence-corrected chi connectivity index (χ2v) is 8.25. The summed E-state index contributed by atoms with van der Waals surface area (Å²) in [6.45, 7) is 4.95. The number of aryl methyl sites for hydroxylation is 1. The molecule has 0 aromatic heterocycles. The Kier molecular flexibility index (Phi) is 7.63. The number of benzene rings is 2. The highest BCUT2D eigenvalue weighted by Crippen LogP contribution is 2.20. The second-order valence-electron chi connectivity index (χ2n) is 8.25. The molecule has 2 aromatic carbocycles. The van der Waals surface area contributed by atoms with Crippen LogP contribution in [0.4, 0.5) is 20.2 Å². The monoisotopic (exact) mass is 445 g/mol. The number of nitrogens with two attached hydrogens (primary N) is 2. The largest absolute Gasteiger partial charge is 0.399 e. The first-order valence-electron chi connectivity index (χ1n) is 10.6. The third kappa shape index (κ3) is 6.16. The van der Waals surface area contributed by atoms with Gasteiger partial charge >= 0.3 is 0 Å². The van der Waals surface area contributed by atoms with Gasteiger partial charge in [-0.15, -0.1) is 0 Å². The van der Waals surface area contributed by atoms with Crippen molar-refractivity contribution < 1.29 is 18.4 Å². The molecule has 9 heteroatoms. The molecule has 3 rings (SSSR count). The van der Waals surface area contributed by atoms with Crippen molar-refractivity contribution >= 4 is 23.2 Å². The van der Waals surface area contributed by atoms with Crippen LogP contribution < -0.4 is 22.1 Å². The summed E-state index contributed by atoms with van der Waals surface area (Å²) >= 11 is 0. The first-order chi connectivity index (χ1) is 15.2. The third-order valence-corrected chi connectivity index (χ3v) is 5.79. The molecule has 0 unspecified atom stereocenters. The van der Waals surface area contributed by atoms with Gasteiger partial charge < -0.3 is 22.1 Å². The van der Waals surface area contributed by atoms with Crippen molar-refractivity contribution in [2.45, 2.75) is 26.3 Å². The lowest BCUT2D eigenvalue weighted by Crippen LogP contribution is -2.41. The molecule has 2 amide bonds. The number of carbonyl (C=O) groups is 2. The van der Waals surface area contributed by atoms with Gasteiger partial charge in [0.25, 0.3) is 5.91 Å². The first kappa shape index (κ1) is 23.5. The van der Waals surface area contributed by atoms with Crippen LogP contribution in [0.1, 0.15) is 34.3 Å². The highest BCUT2D eigenvalue weighted by Gasteiger charge is 2.20. The fourth-order valence-corrected chi connectivity index (χ4v) is 3.73. The van der Waals surface area contributed by atoms with Crippen molar-refractivity contribution in [3.8, 4) is 0 Å². The number of piperidine rings is 1. The van der Waals surface area contributed by atoms with Gasteiger partial charge in [0.1, 0.15) is 0 Å². The van der Waals surface area contributed by atoms with Crippen LogP contribution in [0, 0.1) is 24.5 Å². The molecule has 32 heavy (non-hydrogen) atoms. The maximum atomic E-state index is 13.3. The fourth-order valence-electron chi connectivity index (χ4n) is 3.73. The number of amides is 2. The van der Waals surface area contributed by atoms with E-state index >= 15 is 0 Å². The zero-order chi connectivity index (χ0) is 23.3. The van der Waals surface area contributed by atoms with Crippen molar-refractivity contribution in [2.24, 2.45) is 5.92 Å². The Morgan fingerprint density at radius 1 is 1.03 bits per heavy atom. The topological polar surface area (TPSA) is 113 Å². The van der Waals surface area contributed by atoms with Gasteiger partial charge in [0.05, 0.1) is 12.1 Å². The van der Waals surface area contributed by atoms with Crippen LogP contribution in [0.3, 0.4) is 0 Å². The second kappa shape index (κ2) is 10.4. The average molecular weight is 446 g/mol. The number of nitrogens with one attached hydrogen (secondary N) is 2. The zero-order valence-corrected chi connectivity index (χ0v) is 18.1. The van der Waals surface area contributed by atoms with Crippen LogP contribution in [-0.4, -0.2) is 42.9 Å². The predicted molar refractivity (Wildman–Crippen MR) is 120 cm³/mol. The molecule has 0 aliphatic carbocycles. The van der Waals surface area contributed by atoms with Gasteiger partial charge in [-0.2, -0.15) is 0 Å². The Hall–Kier alpha value is -3.20. The minimum atomic E-state index is -1.18. The van der Waals surface area contributed by atoms with Crippen molar-refractivity contribution in [2.75, 3.05) is 37.6 Å². The number of carbonyl (C=O) groups excluding carboxylic acids is 2. The molecule has 0 spiro atoms. The van der Waals surface area contributed by atoms with Gasteiger partial charge in [-0.1, -0.05) is 12.1 Å². The predicted octanol–water partition coefficient (Wildman–Crippen LogP) is 2.20. The van der Waals surface area contributed by atoms with Crippen molar-refractivity contribution in [1.82, 2.24) is 15.5 Å². The third-order valence-electron chi connectivity index (χ3n) is 5.79. The highest BCUT2D eigenvalue weighted by atomic mass is 19.2. The molecule has 0 radical (unpaired) electrons. The van der Waals surface area contributed by atoms with E-state index in [1.54, 1.807) is 0 Å². The van der Waals surface area contributed by atoms with Gasteiger partial charge in [-0.25, -0.2) is 8.78 Å². The van der Waals surface area contributed by atoms with E-state index in [1.807, 2.05) is 19.1 Å². The van der Waals surface area contributed by atoms with Crippen molar-refractivity contribution in [3.05, 3.63) is 58.7 Å². The molecule has 7 nitrogen and oxygen atoms in total. The average Bonchev–Trinajstić information content (AvgIpc) is 2.76. The number of halogens is 2.